The molecule has 29 heavy (non-hydrogen) atoms. The van der Waals surface area contributed by atoms with E-state index in [2.05, 4.69) is 5.32 Å². The molecule has 0 fully saturated rings. The van der Waals surface area contributed by atoms with Crippen LogP contribution in [0, 0.1) is 12.7 Å². The highest BCUT2D eigenvalue weighted by Gasteiger charge is 2.18. The van der Waals surface area contributed by atoms with Crippen molar-refractivity contribution in [3.63, 3.8) is 0 Å². The van der Waals surface area contributed by atoms with Crippen LogP contribution in [0.25, 0.3) is 11.0 Å². The van der Waals surface area contributed by atoms with E-state index in [4.69, 9.17) is 13.9 Å². The van der Waals surface area contributed by atoms with Crippen LogP contribution < -0.4 is 20.4 Å². The van der Waals surface area contributed by atoms with E-state index in [0.717, 1.165) is 5.56 Å². The van der Waals surface area contributed by atoms with Gasteiger partial charge in [-0.1, -0.05) is 12.1 Å². The zero-order valence-corrected chi connectivity index (χ0v) is 16.5. The zero-order chi connectivity index (χ0) is 21.0. The Balaban J connectivity index is 1.78. The molecule has 6 nitrogen and oxygen atoms in total. The lowest BCUT2D eigenvalue weighted by Crippen LogP contribution is -2.29. The van der Waals surface area contributed by atoms with Crippen LogP contribution in [0.5, 0.6) is 11.5 Å². The molecule has 0 radical (unpaired) electrons. The van der Waals surface area contributed by atoms with E-state index in [1.807, 2.05) is 0 Å². The lowest BCUT2D eigenvalue weighted by atomic mass is 10.0. The summed E-state index contributed by atoms with van der Waals surface area (Å²) in [6, 6.07) is 9.51. The largest absolute Gasteiger partial charge is 0.496 e. The normalized spacial score (nSPS) is 10.8. The summed E-state index contributed by atoms with van der Waals surface area (Å²) in [6.45, 7) is 2.09. The number of hydrogen-bond donors (Lipinski definition) is 1. The van der Waals surface area contributed by atoms with Gasteiger partial charge in [0.2, 0.25) is 5.91 Å². The van der Waals surface area contributed by atoms with E-state index in [1.165, 1.54) is 26.4 Å². The molecule has 0 aliphatic rings. The maximum Gasteiger partial charge on any atom is 0.340 e. The molecule has 0 saturated heterocycles. The smallest absolute Gasteiger partial charge is 0.340 e. The van der Waals surface area contributed by atoms with E-state index in [-0.39, 0.29) is 23.7 Å². The molecular formula is C22H22FNO5. The van der Waals surface area contributed by atoms with E-state index >= 15 is 0 Å². The Kier molecular flexibility index (Phi) is 6.16. The third-order valence-electron chi connectivity index (χ3n) is 4.73. The second-order valence-electron chi connectivity index (χ2n) is 6.60. The van der Waals surface area contributed by atoms with Gasteiger partial charge in [0.05, 0.1) is 31.6 Å². The average Bonchev–Trinajstić information content (AvgIpc) is 2.70. The first-order valence-corrected chi connectivity index (χ1v) is 9.12. The van der Waals surface area contributed by atoms with Crippen LogP contribution in [-0.2, 0) is 17.6 Å². The molecule has 1 amide bonds. The van der Waals surface area contributed by atoms with Crippen molar-refractivity contribution in [3.8, 4) is 11.5 Å². The Morgan fingerprint density at radius 2 is 1.97 bits per heavy atom. The highest BCUT2D eigenvalue weighted by molar-refractivity contribution is 5.90. The molecule has 1 aromatic heterocycles. The standard InChI is InChI=1S/C22H22FNO5/c1-13-17(12-20(25)24-8-7-14-5-4-6-15(23)9-14)22(26)29-19-11-16(27-2)10-18(28-3)21(13)19/h4-6,9-11H,7-8,12H2,1-3H3,(H,24,25). The lowest BCUT2D eigenvalue weighted by Gasteiger charge is -2.12. The van der Waals surface area contributed by atoms with Crippen LogP contribution in [0.4, 0.5) is 4.39 Å². The number of hydrogen-bond acceptors (Lipinski definition) is 5. The first-order chi connectivity index (χ1) is 13.9. The zero-order valence-electron chi connectivity index (χ0n) is 16.5. The van der Waals surface area contributed by atoms with Gasteiger partial charge in [-0.3, -0.25) is 4.79 Å². The van der Waals surface area contributed by atoms with Gasteiger partial charge in [-0.15, -0.1) is 0 Å². The molecule has 1 heterocycles. The van der Waals surface area contributed by atoms with Crippen molar-refractivity contribution in [1.29, 1.82) is 0 Å². The minimum Gasteiger partial charge on any atom is -0.496 e. The molecule has 0 bridgehead atoms. The summed E-state index contributed by atoms with van der Waals surface area (Å²) in [4.78, 5) is 24.8. The van der Waals surface area contributed by atoms with Crippen molar-refractivity contribution in [1.82, 2.24) is 5.32 Å². The van der Waals surface area contributed by atoms with Crippen LogP contribution in [-0.4, -0.2) is 26.7 Å². The van der Waals surface area contributed by atoms with Gasteiger partial charge in [0.1, 0.15) is 22.9 Å². The van der Waals surface area contributed by atoms with Gasteiger partial charge in [0, 0.05) is 18.7 Å². The van der Waals surface area contributed by atoms with Gasteiger partial charge in [-0.25, -0.2) is 9.18 Å². The number of rotatable bonds is 7. The van der Waals surface area contributed by atoms with E-state index in [1.54, 1.807) is 31.2 Å². The van der Waals surface area contributed by atoms with E-state index < -0.39 is 5.63 Å². The molecule has 0 saturated carbocycles. The van der Waals surface area contributed by atoms with Crippen molar-refractivity contribution in [3.05, 3.63) is 69.3 Å². The van der Waals surface area contributed by atoms with Crippen LogP contribution in [0.1, 0.15) is 16.7 Å². The number of fused-ring (bicyclic) bond motifs is 1. The second-order valence-corrected chi connectivity index (χ2v) is 6.60. The van der Waals surface area contributed by atoms with Crippen molar-refractivity contribution in [2.75, 3.05) is 20.8 Å². The molecule has 7 heteroatoms. The maximum absolute atomic E-state index is 13.2. The number of amides is 1. The Morgan fingerprint density at radius 3 is 2.66 bits per heavy atom. The summed E-state index contributed by atoms with van der Waals surface area (Å²) >= 11 is 0. The van der Waals surface area contributed by atoms with Crippen LogP contribution in [0.3, 0.4) is 0 Å². The number of nitrogens with one attached hydrogen (secondary N) is 1. The van der Waals surface area contributed by atoms with E-state index in [0.29, 0.717) is 41.0 Å². The predicted molar refractivity (Wildman–Crippen MR) is 107 cm³/mol. The second kappa shape index (κ2) is 8.77. The van der Waals surface area contributed by atoms with Crippen molar-refractivity contribution in [2.45, 2.75) is 19.8 Å². The minimum absolute atomic E-state index is 0.123. The van der Waals surface area contributed by atoms with Gasteiger partial charge in [-0.2, -0.15) is 0 Å². The minimum atomic E-state index is -0.578. The number of methoxy groups -OCH3 is 2. The van der Waals surface area contributed by atoms with Crippen LogP contribution in [0.2, 0.25) is 0 Å². The predicted octanol–water partition coefficient (Wildman–Crippen LogP) is 3.16. The Labute approximate surface area is 167 Å². The molecule has 0 atom stereocenters. The fourth-order valence-corrected chi connectivity index (χ4v) is 3.23. The molecule has 1 N–H and O–H groups in total. The number of halogens is 1. The molecule has 0 unspecified atom stereocenters. The third-order valence-corrected chi connectivity index (χ3v) is 4.73. The molecule has 3 rings (SSSR count). The van der Waals surface area contributed by atoms with Crippen molar-refractivity contribution >= 4 is 16.9 Å². The quantitative estimate of drug-likeness (QED) is 0.618. The number of ether oxygens (including phenoxy) is 2. The van der Waals surface area contributed by atoms with Gasteiger partial charge < -0.3 is 19.2 Å². The highest BCUT2D eigenvalue weighted by Crippen LogP contribution is 2.33. The van der Waals surface area contributed by atoms with Gasteiger partial charge in [-0.05, 0) is 36.6 Å². The summed E-state index contributed by atoms with van der Waals surface area (Å²) in [5, 5.41) is 3.38. The van der Waals surface area contributed by atoms with E-state index in [9.17, 15) is 14.0 Å². The molecule has 0 aliphatic heterocycles. The Hall–Kier alpha value is -3.35. The molecule has 2 aromatic carbocycles. The Bertz CT molecular complexity index is 1110. The summed E-state index contributed by atoms with van der Waals surface area (Å²) in [5.74, 6) is 0.362. The molecule has 3 aromatic rings. The summed E-state index contributed by atoms with van der Waals surface area (Å²) in [6.07, 6.45) is 0.366. The van der Waals surface area contributed by atoms with Crippen molar-refractivity contribution < 1.29 is 23.1 Å². The summed E-state index contributed by atoms with van der Waals surface area (Å²) in [5.41, 5.74) is 1.43. The fraction of sp³-hybridized carbons (Fsp3) is 0.273. The molecule has 152 valence electrons. The summed E-state index contributed by atoms with van der Waals surface area (Å²) in [7, 11) is 3.02. The average molecular weight is 399 g/mol. The van der Waals surface area contributed by atoms with Crippen LogP contribution >= 0.6 is 0 Å². The van der Waals surface area contributed by atoms with Gasteiger partial charge in [0.15, 0.2) is 0 Å². The summed E-state index contributed by atoms with van der Waals surface area (Å²) < 4.78 is 29.2. The number of carbonyl (C=O) groups is 1. The van der Waals surface area contributed by atoms with Gasteiger partial charge in [0.25, 0.3) is 0 Å². The third kappa shape index (κ3) is 4.56. The number of carbonyl (C=O) groups excluding carboxylic acids is 1. The molecular weight excluding hydrogens is 377 g/mol. The highest BCUT2D eigenvalue weighted by atomic mass is 19.1. The monoisotopic (exact) mass is 399 g/mol. The maximum atomic E-state index is 13.2. The number of aryl methyl sites for hydroxylation is 1. The molecule has 0 aliphatic carbocycles. The Morgan fingerprint density at radius 1 is 1.17 bits per heavy atom. The fourth-order valence-electron chi connectivity index (χ4n) is 3.23. The van der Waals surface area contributed by atoms with Gasteiger partial charge >= 0.3 is 5.63 Å². The SMILES string of the molecule is COc1cc(OC)c2c(C)c(CC(=O)NCCc3cccc(F)c3)c(=O)oc2c1. The first-order valence-electron chi connectivity index (χ1n) is 9.12. The first kappa shape index (κ1) is 20.4. The number of benzene rings is 2. The lowest BCUT2D eigenvalue weighted by molar-refractivity contribution is -0.120. The molecule has 0 spiro atoms. The van der Waals surface area contributed by atoms with Crippen molar-refractivity contribution in [2.24, 2.45) is 0 Å². The topological polar surface area (TPSA) is 77.8 Å². The van der Waals surface area contributed by atoms with Crippen LogP contribution in [0.15, 0.2) is 45.6 Å².